The van der Waals surface area contributed by atoms with Crippen LogP contribution < -0.4 is 0 Å². The monoisotopic (exact) mass is 206 g/mol. The number of hydrogen-bond acceptors (Lipinski definition) is 7. The highest BCUT2D eigenvalue weighted by Crippen LogP contribution is 2.22. The normalized spacial score (nSPS) is 26.2. The van der Waals surface area contributed by atoms with Crippen molar-refractivity contribution in [2.45, 2.75) is 18.3 Å². The van der Waals surface area contributed by atoms with Gasteiger partial charge in [-0.3, -0.25) is 0 Å². The molecule has 80 valence electrons. The smallest absolute Gasteiger partial charge is 0.377 e. The summed E-state index contributed by atoms with van der Waals surface area (Å²) in [5.41, 5.74) is 0. The first-order chi connectivity index (χ1) is 6.49. The number of rotatable bonds is 3. The highest BCUT2D eigenvalue weighted by Gasteiger charge is 2.41. The van der Waals surface area contributed by atoms with Gasteiger partial charge in [0.2, 0.25) is 5.76 Å². The molecule has 0 fully saturated rings. The van der Waals surface area contributed by atoms with Gasteiger partial charge in [0.1, 0.15) is 12.2 Å². The molecule has 1 aliphatic rings. The molecule has 1 heterocycles. The molecule has 0 aromatic rings. The number of hydrogen-bond donors (Lipinski definition) is 5. The van der Waals surface area contributed by atoms with Crippen molar-refractivity contribution >= 4 is 5.97 Å². The standard InChI is InChI=1S/C7H10O7/c8-1-2(9)3(10)6-4(11)5(12)7(13)14-6/h2-3,6,8-12H,1H2/t2-,3-,6?/m0/s1. The fourth-order valence-corrected chi connectivity index (χ4v) is 1.01. The van der Waals surface area contributed by atoms with Gasteiger partial charge in [0.05, 0.1) is 6.61 Å². The van der Waals surface area contributed by atoms with Crippen LogP contribution in [0.1, 0.15) is 0 Å². The fourth-order valence-electron chi connectivity index (χ4n) is 1.01. The van der Waals surface area contributed by atoms with E-state index >= 15 is 0 Å². The molecule has 7 nitrogen and oxygen atoms in total. The first-order valence-electron chi connectivity index (χ1n) is 3.79. The number of carbonyl (C=O) groups excluding carboxylic acids is 1. The van der Waals surface area contributed by atoms with Gasteiger partial charge in [0.15, 0.2) is 11.9 Å². The van der Waals surface area contributed by atoms with E-state index in [0.29, 0.717) is 0 Å². The third-order valence-electron chi connectivity index (χ3n) is 1.83. The van der Waals surface area contributed by atoms with Crippen LogP contribution in [0.4, 0.5) is 0 Å². The van der Waals surface area contributed by atoms with E-state index in [1.54, 1.807) is 0 Å². The largest absolute Gasteiger partial charge is 0.505 e. The molecule has 1 unspecified atom stereocenters. The van der Waals surface area contributed by atoms with Gasteiger partial charge in [-0.2, -0.15) is 0 Å². The maximum atomic E-state index is 10.7. The lowest BCUT2D eigenvalue weighted by Gasteiger charge is -2.20. The molecule has 14 heavy (non-hydrogen) atoms. The van der Waals surface area contributed by atoms with E-state index in [0.717, 1.165) is 0 Å². The number of aliphatic hydroxyl groups is 5. The maximum absolute atomic E-state index is 10.7. The van der Waals surface area contributed by atoms with Crippen molar-refractivity contribution < 1.29 is 35.1 Å². The number of ether oxygens (including phenoxy) is 1. The second-order valence-corrected chi connectivity index (χ2v) is 2.80. The molecule has 1 aliphatic heterocycles. The van der Waals surface area contributed by atoms with Gasteiger partial charge < -0.3 is 30.3 Å². The summed E-state index contributed by atoms with van der Waals surface area (Å²) in [7, 11) is 0. The van der Waals surface area contributed by atoms with Crippen LogP contribution in [-0.2, 0) is 9.53 Å². The summed E-state index contributed by atoms with van der Waals surface area (Å²) in [6, 6.07) is 0. The minimum Gasteiger partial charge on any atom is -0.505 e. The Balaban J connectivity index is 2.78. The molecule has 0 spiro atoms. The molecule has 7 heteroatoms. The van der Waals surface area contributed by atoms with Crippen LogP contribution in [0.25, 0.3) is 0 Å². The van der Waals surface area contributed by atoms with Crippen LogP contribution in [0.5, 0.6) is 0 Å². The second-order valence-electron chi connectivity index (χ2n) is 2.80. The quantitative estimate of drug-likeness (QED) is 0.336. The molecule has 0 radical (unpaired) electrons. The molecule has 0 saturated heterocycles. The van der Waals surface area contributed by atoms with Crippen molar-refractivity contribution in [3.63, 3.8) is 0 Å². The number of cyclic esters (lactones) is 1. The third kappa shape index (κ3) is 1.65. The Bertz CT molecular complexity index is 271. The fraction of sp³-hybridized carbons (Fsp3) is 0.571. The number of carbonyl (C=O) groups is 1. The lowest BCUT2D eigenvalue weighted by Crippen LogP contribution is -2.40. The number of aliphatic hydroxyl groups excluding tert-OH is 5. The van der Waals surface area contributed by atoms with Crippen molar-refractivity contribution in [3.05, 3.63) is 11.5 Å². The molecule has 3 atom stereocenters. The van der Waals surface area contributed by atoms with Crippen LogP contribution in [-0.4, -0.2) is 56.4 Å². The van der Waals surface area contributed by atoms with Crippen molar-refractivity contribution in [2.75, 3.05) is 6.61 Å². The van der Waals surface area contributed by atoms with E-state index in [4.69, 9.17) is 20.4 Å². The molecule has 0 aromatic carbocycles. The van der Waals surface area contributed by atoms with Crippen molar-refractivity contribution in [2.24, 2.45) is 0 Å². The van der Waals surface area contributed by atoms with Crippen molar-refractivity contribution in [1.29, 1.82) is 0 Å². The Hall–Kier alpha value is -1.31. The van der Waals surface area contributed by atoms with Gasteiger partial charge in [0.25, 0.3) is 0 Å². The molecule has 0 amide bonds. The second kappa shape index (κ2) is 3.82. The highest BCUT2D eigenvalue weighted by atomic mass is 16.6. The summed E-state index contributed by atoms with van der Waals surface area (Å²) in [5, 5.41) is 44.6. The Kier molecular flexibility index (Phi) is 2.94. The first-order valence-corrected chi connectivity index (χ1v) is 3.79. The average Bonchev–Trinajstić information content (AvgIpc) is 2.43. The molecule has 0 aliphatic carbocycles. The van der Waals surface area contributed by atoms with E-state index in [1.807, 2.05) is 0 Å². The van der Waals surface area contributed by atoms with Crippen LogP contribution in [0.2, 0.25) is 0 Å². The topological polar surface area (TPSA) is 127 Å². The van der Waals surface area contributed by atoms with Gasteiger partial charge in [-0.05, 0) is 0 Å². The van der Waals surface area contributed by atoms with Gasteiger partial charge >= 0.3 is 5.97 Å². The van der Waals surface area contributed by atoms with Crippen LogP contribution in [0, 0.1) is 0 Å². The summed E-state index contributed by atoms with van der Waals surface area (Å²) in [5.74, 6) is -3.04. The minimum atomic E-state index is -1.69. The zero-order valence-corrected chi connectivity index (χ0v) is 6.99. The summed E-state index contributed by atoms with van der Waals surface area (Å²) >= 11 is 0. The van der Waals surface area contributed by atoms with Gasteiger partial charge in [-0.15, -0.1) is 0 Å². The summed E-state index contributed by atoms with van der Waals surface area (Å²) in [4.78, 5) is 10.7. The number of esters is 1. The Morgan fingerprint density at radius 1 is 1.36 bits per heavy atom. The Morgan fingerprint density at radius 3 is 2.29 bits per heavy atom. The van der Waals surface area contributed by atoms with Crippen LogP contribution >= 0.6 is 0 Å². The van der Waals surface area contributed by atoms with E-state index in [1.165, 1.54) is 0 Å². The molecular weight excluding hydrogens is 196 g/mol. The van der Waals surface area contributed by atoms with E-state index in [9.17, 15) is 9.90 Å². The predicted molar refractivity (Wildman–Crippen MR) is 41.3 cm³/mol. The molecule has 0 aromatic heterocycles. The van der Waals surface area contributed by atoms with Gasteiger partial charge in [-0.25, -0.2) is 4.79 Å². The SMILES string of the molecule is O=C1OC([C@@H](O)[C@@H](O)CO)C(O)=C1O. The van der Waals surface area contributed by atoms with Crippen LogP contribution in [0.3, 0.4) is 0 Å². The summed E-state index contributed by atoms with van der Waals surface area (Å²) < 4.78 is 4.34. The highest BCUT2D eigenvalue weighted by molar-refractivity contribution is 5.89. The van der Waals surface area contributed by atoms with Gasteiger partial charge in [0, 0.05) is 0 Å². The third-order valence-corrected chi connectivity index (χ3v) is 1.83. The van der Waals surface area contributed by atoms with Crippen molar-refractivity contribution in [3.8, 4) is 0 Å². The Labute approximate surface area is 78.5 Å². The minimum absolute atomic E-state index is 0.761. The molecule has 0 saturated carbocycles. The lowest BCUT2D eigenvalue weighted by molar-refractivity contribution is -0.151. The lowest BCUT2D eigenvalue weighted by atomic mass is 10.1. The average molecular weight is 206 g/mol. The summed E-state index contributed by atoms with van der Waals surface area (Å²) in [6.07, 6.45) is -4.79. The Morgan fingerprint density at radius 2 is 1.93 bits per heavy atom. The zero-order valence-electron chi connectivity index (χ0n) is 6.99. The molecule has 0 bridgehead atoms. The van der Waals surface area contributed by atoms with E-state index < -0.39 is 42.4 Å². The molecule has 1 rings (SSSR count). The van der Waals surface area contributed by atoms with Crippen molar-refractivity contribution in [1.82, 2.24) is 0 Å². The summed E-state index contributed by atoms with van der Waals surface area (Å²) in [6.45, 7) is -0.761. The van der Waals surface area contributed by atoms with E-state index in [-0.39, 0.29) is 0 Å². The van der Waals surface area contributed by atoms with E-state index in [2.05, 4.69) is 4.74 Å². The molecular formula is C7H10O7. The predicted octanol–water partition coefficient (Wildman–Crippen LogP) is -2.05. The van der Waals surface area contributed by atoms with Crippen LogP contribution in [0.15, 0.2) is 11.5 Å². The molecule has 5 N–H and O–H groups in total. The van der Waals surface area contributed by atoms with Gasteiger partial charge in [-0.1, -0.05) is 0 Å². The maximum Gasteiger partial charge on any atom is 0.377 e. The first kappa shape index (κ1) is 10.8. The zero-order chi connectivity index (χ0) is 10.9.